The summed E-state index contributed by atoms with van der Waals surface area (Å²) in [6.45, 7) is 2.95. The Morgan fingerprint density at radius 2 is 2.50 bits per heavy atom. The van der Waals surface area contributed by atoms with Crippen LogP contribution in [0.1, 0.15) is 32.6 Å². The van der Waals surface area contributed by atoms with Gasteiger partial charge < -0.3 is 10.1 Å². The zero-order chi connectivity index (χ0) is 14.6. The number of aryl methyl sites for hydroxylation is 1. The molecule has 0 saturated heterocycles. The molecule has 2 atom stereocenters. The smallest absolute Gasteiger partial charge is 0.326 e. The fourth-order valence-electron chi connectivity index (χ4n) is 2.73. The number of ether oxygens (including phenoxy) is 1. The highest BCUT2D eigenvalue weighted by Gasteiger charge is 2.46. The van der Waals surface area contributed by atoms with E-state index in [-0.39, 0.29) is 5.97 Å². The van der Waals surface area contributed by atoms with Gasteiger partial charge in [-0.2, -0.15) is 5.10 Å². The minimum absolute atomic E-state index is 0.125. The molecule has 1 N–H and O–H groups in total. The van der Waals surface area contributed by atoms with Crippen molar-refractivity contribution in [3.05, 3.63) is 12.4 Å². The van der Waals surface area contributed by atoms with Crippen LogP contribution in [0.5, 0.6) is 0 Å². The van der Waals surface area contributed by atoms with Crippen molar-refractivity contribution in [1.82, 2.24) is 15.1 Å². The van der Waals surface area contributed by atoms with E-state index in [1.807, 2.05) is 19.4 Å². The van der Waals surface area contributed by atoms with Gasteiger partial charge in [-0.3, -0.25) is 9.48 Å². The van der Waals surface area contributed by atoms with Crippen molar-refractivity contribution in [1.29, 1.82) is 0 Å². The molecule has 1 fully saturated rings. The Morgan fingerprint density at radius 3 is 3.10 bits per heavy atom. The van der Waals surface area contributed by atoms with Gasteiger partial charge in [0.05, 0.1) is 13.3 Å². The largest absolute Gasteiger partial charge is 0.468 e. The Labute approximate surface area is 124 Å². The van der Waals surface area contributed by atoms with Crippen LogP contribution in [0, 0.1) is 0 Å². The summed E-state index contributed by atoms with van der Waals surface area (Å²) < 4.78 is 6.82. The van der Waals surface area contributed by atoms with Gasteiger partial charge in [0.2, 0.25) is 0 Å². The number of aromatic nitrogens is 2. The molecule has 1 aliphatic rings. The molecule has 0 radical (unpaired) electrons. The number of rotatable bonds is 6. The van der Waals surface area contributed by atoms with E-state index in [1.54, 1.807) is 16.4 Å². The Morgan fingerprint density at radius 1 is 1.70 bits per heavy atom. The van der Waals surface area contributed by atoms with Crippen LogP contribution in [0.4, 0.5) is 0 Å². The maximum atomic E-state index is 12.1. The first kappa shape index (κ1) is 15.4. The zero-order valence-electron chi connectivity index (χ0n) is 12.4. The van der Waals surface area contributed by atoms with Crippen LogP contribution in [0.15, 0.2) is 17.3 Å². The summed E-state index contributed by atoms with van der Waals surface area (Å²) in [6, 6.07) is 0. The van der Waals surface area contributed by atoms with Gasteiger partial charge in [0.15, 0.2) is 0 Å². The van der Waals surface area contributed by atoms with Crippen molar-refractivity contribution in [2.24, 2.45) is 7.05 Å². The molecule has 0 spiro atoms. The second-order valence-corrected chi connectivity index (χ2v) is 6.71. The highest BCUT2D eigenvalue weighted by molar-refractivity contribution is 8.00. The number of thioether (sulfide) groups is 1. The average molecular weight is 297 g/mol. The number of carbonyl (C=O) groups excluding carboxylic acids is 1. The van der Waals surface area contributed by atoms with Crippen LogP contribution in [-0.4, -0.2) is 40.2 Å². The van der Waals surface area contributed by atoms with Crippen molar-refractivity contribution in [3.63, 3.8) is 0 Å². The molecule has 1 aromatic heterocycles. The summed E-state index contributed by atoms with van der Waals surface area (Å²) in [7, 11) is 3.39. The minimum atomic E-state index is -0.495. The highest BCUT2D eigenvalue weighted by atomic mass is 32.2. The van der Waals surface area contributed by atoms with Gasteiger partial charge in [-0.25, -0.2) is 0 Å². The monoisotopic (exact) mass is 297 g/mol. The third kappa shape index (κ3) is 3.35. The zero-order valence-corrected chi connectivity index (χ0v) is 13.2. The quantitative estimate of drug-likeness (QED) is 0.814. The van der Waals surface area contributed by atoms with Crippen LogP contribution < -0.4 is 5.32 Å². The van der Waals surface area contributed by atoms with E-state index < -0.39 is 5.54 Å². The van der Waals surface area contributed by atoms with E-state index in [1.165, 1.54) is 7.11 Å². The molecular formula is C14H23N3O2S. The van der Waals surface area contributed by atoms with Gasteiger partial charge in [-0.15, -0.1) is 11.8 Å². The normalized spacial score (nSPS) is 25.9. The number of methoxy groups -OCH3 is 1. The lowest BCUT2D eigenvalue weighted by Gasteiger charge is -2.27. The van der Waals surface area contributed by atoms with E-state index in [4.69, 9.17) is 4.74 Å². The predicted molar refractivity (Wildman–Crippen MR) is 79.7 cm³/mol. The Kier molecular flexibility index (Phi) is 5.10. The summed E-state index contributed by atoms with van der Waals surface area (Å²) in [5.41, 5.74) is -0.495. The average Bonchev–Trinajstić information content (AvgIpc) is 3.04. The number of carbonyl (C=O) groups is 1. The predicted octanol–water partition coefficient (Wildman–Crippen LogP) is 1.98. The molecule has 0 aliphatic heterocycles. The fraction of sp³-hybridized carbons (Fsp3) is 0.714. The van der Waals surface area contributed by atoms with Crippen LogP contribution in [0.3, 0.4) is 0 Å². The maximum Gasteiger partial charge on any atom is 0.326 e. The number of hydrogen-bond acceptors (Lipinski definition) is 5. The van der Waals surface area contributed by atoms with Crippen LogP contribution in [0.25, 0.3) is 0 Å². The van der Waals surface area contributed by atoms with E-state index in [9.17, 15) is 4.79 Å². The molecule has 1 aliphatic carbocycles. The lowest BCUT2D eigenvalue weighted by atomic mass is 9.97. The first-order valence-electron chi connectivity index (χ1n) is 7.08. The topological polar surface area (TPSA) is 56.1 Å². The minimum Gasteiger partial charge on any atom is -0.468 e. The first-order valence-corrected chi connectivity index (χ1v) is 7.96. The Hall–Kier alpha value is -1.01. The molecular weight excluding hydrogens is 274 g/mol. The third-order valence-corrected chi connectivity index (χ3v) is 4.96. The van der Waals surface area contributed by atoms with Gasteiger partial charge in [0.25, 0.3) is 0 Å². The van der Waals surface area contributed by atoms with Gasteiger partial charge in [-0.1, -0.05) is 6.92 Å². The summed E-state index contributed by atoms with van der Waals surface area (Å²) in [5, 5.41) is 8.03. The van der Waals surface area contributed by atoms with Crippen molar-refractivity contribution >= 4 is 17.7 Å². The van der Waals surface area contributed by atoms with E-state index in [0.29, 0.717) is 5.25 Å². The van der Waals surface area contributed by atoms with Crippen LogP contribution in [0.2, 0.25) is 0 Å². The molecule has 2 unspecified atom stereocenters. The molecule has 2 rings (SSSR count). The summed E-state index contributed by atoms with van der Waals surface area (Å²) >= 11 is 1.80. The Balaban J connectivity index is 2.01. The standard InChI is InChI=1S/C14H23N3O2S/c1-4-7-15-14(13(18)19-3)6-5-11(8-14)20-12-9-16-17(2)10-12/h9-11,15H,4-8H2,1-3H3. The number of esters is 1. The van der Waals surface area contributed by atoms with Gasteiger partial charge in [0, 0.05) is 23.4 Å². The SMILES string of the molecule is CCCNC1(C(=O)OC)CCC(Sc2cnn(C)c2)C1. The van der Waals surface area contributed by atoms with E-state index in [0.717, 1.165) is 37.1 Å². The number of nitrogens with zero attached hydrogens (tertiary/aromatic N) is 2. The lowest BCUT2D eigenvalue weighted by Crippen LogP contribution is -2.51. The summed E-state index contributed by atoms with van der Waals surface area (Å²) in [4.78, 5) is 13.3. The fourth-order valence-corrected chi connectivity index (χ4v) is 4.04. The number of hydrogen-bond donors (Lipinski definition) is 1. The van der Waals surface area contributed by atoms with Crippen molar-refractivity contribution in [2.75, 3.05) is 13.7 Å². The number of nitrogens with one attached hydrogen (secondary N) is 1. The highest BCUT2D eigenvalue weighted by Crippen LogP contribution is 2.40. The summed E-state index contributed by atoms with van der Waals surface area (Å²) in [5.74, 6) is -0.125. The molecule has 20 heavy (non-hydrogen) atoms. The van der Waals surface area contributed by atoms with Crippen LogP contribution in [-0.2, 0) is 16.6 Å². The Bertz CT molecular complexity index is 463. The first-order chi connectivity index (χ1) is 9.59. The van der Waals surface area contributed by atoms with Gasteiger partial charge >= 0.3 is 5.97 Å². The molecule has 1 aromatic rings. The van der Waals surface area contributed by atoms with Gasteiger partial charge in [-0.05, 0) is 32.2 Å². The molecule has 5 nitrogen and oxygen atoms in total. The molecule has 112 valence electrons. The summed E-state index contributed by atoms with van der Waals surface area (Å²) in [6.07, 6.45) is 7.59. The molecule has 6 heteroatoms. The van der Waals surface area contributed by atoms with Crippen LogP contribution >= 0.6 is 11.8 Å². The van der Waals surface area contributed by atoms with E-state index >= 15 is 0 Å². The second-order valence-electron chi connectivity index (χ2n) is 5.33. The van der Waals surface area contributed by atoms with Crippen molar-refractivity contribution < 1.29 is 9.53 Å². The molecule has 0 amide bonds. The molecule has 1 heterocycles. The lowest BCUT2D eigenvalue weighted by molar-refractivity contribution is -0.148. The third-order valence-electron chi connectivity index (χ3n) is 3.74. The molecule has 0 bridgehead atoms. The van der Waals surface area contributed by atoms with Gasteiger partial charge in [0.1, 0.15) is 5.54 Å². The molecule has 1 saturated carbocycles. The van der Waals surface area contributed by atoms with Crippen molar-refractivity contribution in [3.8, 4) is 0 Å². The maximum absolute atomic E-state index is 12.1. The molecule has 0 aromatic carbocycles. The van der Waals surface area contributed by atoms with E-state index in [2.05, 4.69) is 17.3 Å². The second kappa shape index (κ2) is 6.63. The van der Waals surface area contributed by atoms with Crippen molar-refractivity contribution in [2.45, 2.75) is 48.3 Å².